The summed E-state index contributed by atoms with van der Waals surface area (Å²) in [5.74, 6) is 0. The van der Waals surface area contributed by atoms with E-state index in [4.69, 9.17) is 0 Å². The monoisotopic (exact) mass is 167 g/mol. The predicted octanol–water partition coefficient (Wildman–Crippen LogP) is 1.24. The van der Waals surface area contributed by atoms with E-state index in [1.54, 1.807) is 30.3 Å². The van der Waals surface area contributed by atoms with Crippen molar-refractivity contribution in [2.75, 3.05) is 5.12 Å². The van der Waals surface area contributed by atoms with Gasteiger partial charge in [-0.15, -0.1) is 0 Å². The van der Waals surface area contributed by atoms with Gasteiger partial charge in [-0.1, -0.05) is 22.7 Å². The van der Waals surface area contributed by atoms with Gasteiger partial charge in [-0.05, 0) is 12.1 Å². The molecular weight excluding hydrogens is 159 g/mol. The number of hydrogen-bond acceptors (Lipinski definition) is 2. The van der Waals surface area contributed by atoms with E-state index in [0.717, 1.165) is 6.67 Å². The topological polar surface area (TPSA) is 32.3 Å². The molecule has 0 fully saturated rings. The van der Waals surface area contributed by atoms with Gasteiger partial charge in [-0.25, -0.2) is 0 Å². The average Bonchev–Trinajstić information content (AvgIpc) is 2.15. The SMILES string of the molecule is O=CN[CH]N(F)c1ccccc1. The molecule has 3 nitrogen and oxygen atoms in total. The molecule has 63 valence electrons. The molecule has 0 unspecified atom stereocenters. The zero-order valence-electron chi connectivity index (χ0n) is 6.27. The first kappa shape index (κ1) is 8.52. The van der Waals surface area contributed by atoms with Crippen molar-refractivity contribution in [1.82, 2.24) is 5.32 Å². The van der Waals surface area contributed by atoms with Crippen LogP contribution in [0.15, 0.2) is 30.3 Å². The van der Waals surface area contributed by atoms with Gasteiger partial charge in [0.2, 0.25) is 6.41 Å². The lowest BCUT2D eigenvalue weighted by Crippen LogP contribution is -2.20. The van der Waals surface area contributed by atoms with Gasteiger partial charge in [-0.2, -0.15) is 5.12 Å². The minimum atomic E-state index is 0.328. The van der Waals surface area contributed by atoms with E-state index < -0.39 is 0 Å². The average molecular weight is 167 g/mol. The summed E-state index contributed by atoms with van der Waals surface area (Å²) in [6.07, 6.45) is 0.398. The summed E-state index contributed by atoms with van der Waals surface area (Å²) < 4.78 is 12.9. The smallest absolute Gasteiger partial charge is 0.208 e. The molecule has 0 spiro atoms. The van der Waals surface area contributed by atoms with E-state index in [0.29, 0.717) is 17.2 Å². The molecule has 1 radical (unpaired) electrons. The van der Waals surface area contributed by atoms with Crippen LogP contribution in [0.2, 0.25) is 0 Å². The largest absolute Gasteiger partial charge is 0.333 e. The fraction of sp³-hybridized carbons (Fsp3) is 0. The Hall–Kier alpha value is -1.58. The maximum Gasteiger partial charge on any atom is 0.208 e. The molecule has 12 heavy (non-hydrogen) atoms. The number of para-hydroxylation sites is 1. The quantitative estimate of drug-likeness (QED) is 0.540. The standard InChI is InChI=1S/C8H8FN2O/c9-11(6-10-7-12)8-4-2-1-3-5-8/h1-7H,(H,10,12). The maximum absolute atomic E-state index is 12.9. The van der Waals surface area contributed by atoms with E-state index in [9.17, 15) is 9.28 Å². The molecule has 1 aromatic carbocycles. The maximum atomic E-state index is 12.9. The second kappa shape index (κ2) is 4.33. The lowest BCUT2D eigenvalue weighted by molar-refractivity contribution is -0.109. The normalized spacial score (nSPS) is 9.08. The fourth-order valence-corrected chi connectivity index (χ4v) is 0.741. The summed E-state index contributed by atoms with van der Waals surface area (Å²) in [6.45, 7) is 0.933. The third-order valence-corrected chi connectivity index (χ3v) is 1.26. The lowest BCUT2D eigenvalue weighted by Gasteiger charge is -2.10. The molecule has 4 heteroatoms. The Labute approximate surface area is 69.7 Å². The van der Waals surface area contributed by atoms with E-state index in [-0.39, 0.29) is 0 Å². The Kier molecular flexibility index (Phi) is 3.07. The fourth-order valence-electron chi connectivity index (χ4n) is 0.741. The van der Waals surface area contributed by atoms with Crippen LogP contribution in [-0.2, 0) is 4.79 Å². The summed E-state index contributed by atoms with van der Waals surface area (Å²) in [7, 11) is 0. The molecule has 0 atom stereocenters. The third kappa shape index (κ3) is 2.23. The summed E-state index contributed by atoms with van der Waals surface area (Å²) in [4.78, 5) is 9.80. The van der Waals surface area contributed by atoms with Crippen molar-refractivity contribution in [2.45, 2.75) is 0 Å². The number of amides is 1. The van der Waals surface area contributed by atoms with Crippen molar-refractivity contribution >= 4 is 12.1 Å². The van der Waals surface area contributed by atoms with Gasteiger partial charge in [0.1, 0.15) is 0 Å². The highest BCUT2D eigenvalue weighted by atomic mass is 19.2. The molecule has 1 N–H and O–H groups in total. The summed E-state index contributed by atoms with van der Waals surface area (Å²) >= 11 is 0. The van der Waals surface area contributed by atoms with Crippen LogP contribution >= 0.6 is 0 Å². The van der Waals surface area contributed by atoms with Crippen LogP contribution in [0.4, 0.5) is 10.2 Å². The highest BCUT2D eigenvalue weighted by Crippen LogP contribution is 2.13. The van der Waals surface area contributed by atoms with Crippen LogP contribution in [0.3, 0.4) is 0 Å². The van der Waals surface area contributed by atoms with Crippen LogP contribution in [0, 0.1) is 6.67 Å². The van der Waals surface area contributed by atoms with Crippen molar-refractivity contribution in [3.05, 3.63) is 37.0 Å². The van der Waals surface area contributed by atoms with E-state index >= 15 is 0 Å². The van der Waals surface area contributed by atoms with Gasteiger partial charge in [-0.3, -0.25) is 4.79 Å². The van der Waals surface area contributed by atoms with E-state index in [2.05, 4.69) is 5.32 Å². The predicted molar refractivity (Wildman–Crippen MR) is 43.5 cm³/mol. The van der Waals surface area contributed by atoms with Gasteiger partial charge in [0.05, 0.1) is 5.69 Å². The molecule has 1 aromatic rings. The Morgan fingerprint density at radius 1 is 1.33 bits per heavy atom. The van der Waals surface area contributed by atoms with E-state index in [1.165, 1.54) is 0 Å². The molecule has 1 amide bonds. The molecule has 0 aliphatic carbocycles. The Balaban J connectivity index is 2.53. The van der Waals surface area contributed by atoms with Crippen molar-refractivity contribution in [2.24, 2.45) is 0 Å². The number of carbonyl (C=O) groups is 1. The van der Waals surface area contributed by atoms with Crippen LogP contribution in [0.5, 0.6) is 0 Å². The Morgan fingerprint density at radius 3 is 2.58 bits per heavy atom. The number of hydrogen-bond donors (Lipinski definition) is 1. The molecule has 0 bridgehead atoms. The van der Waals surface area contributed by atoms with Gasteiger partial charge in [0.15, 0.2) is 6.67 Å². The second-order valence-electron chi connectivity index (χ2n) is 2.06. The van der Waals surface area contributed by atoms with Crippen molar-refractivity contribution in [3.8, 4) is 0 Å². The van der Waals surface area contributed by atoms with Gasteiger partial charge < -0.3 is 5.32 Å². The molecule has 0 saturated carbocycles. The first-order chi connectivity index (χ1) is 5.84. The van der Waals surface area contributed by atoms with Crippen LogP contribution in [-0.4, -0.2) is 6.41 Å². The number of rotatable bonds is 4. The first-order valence-corrected chi connectivity index (χ1v) is 3.37. The summed E-state index contributed by atoms with van der Waals surface area (Å²) in [5, 5.41) is 2.42. The zero-order chi connectivity index (χ0) is 8.81. The van der Waals surface area contributed by atoms with E-state index in [1.807, 2.05) is 0 Å². The third-order valence-electron chi connectivity index (χ3n) is 1.26. The Bertz CT molecular complexity index is 240. The van der Waals surface area contributed by atoms with Crippen molar-refractivity contribution in [1.29, 1.82) is 0 Å². The molecule has 1 rings (SSSR count). The number of carbonyl (C=O) groups excluding carboxylic acids is 1. The molecule has 0 heterocycles. The van der Waals surface area contributed by atoms with Crippen LogP contribution in [0.25, 0.3) is 0 Å². The minimum Gasteiger partial charge on any atom is -0.333 e. The Morgan fingerprint density at radius 2 is 2.00 bits per heavy atom. The first-order valence-electron chi connectivity index (χ1n) is 3.37. The van der Waals surface area contributed by atoms with Crippen LogP contribution < -0.4 is 10.4 Å². The van der Waals surface area contributed by atoms with Crippen LogP contribution in [0.1, 0.15) is 0 Å². The molecule has 0 aliphatic heterocycles. The molecule has 0 aliphatic rings. The highest BCUT2D eigenvalue weighted by Gasteiger charge is 2.01. The molecule has 0 aromatic heterocycles. The van der Waals surface area contributed by atoms with Crippen molar-refractivity contribution in [3.63, 3.8) is 0 Å². The highest BCUT2D eigenvalue weighted by molar-refractivity contribution is 5.51. The number of nitrogens with one attached hydrogen (secondary N) is 1. The number of benzene rings is 1. The van der Waals surface area contributed by atoms with Crippen molar-refractivity contribution < 1.29 is 9.28 Å². The molecule has 0 saturated heterocycles. The summed E-state index contributed by atoms with van der Waals surface area (Å²) in [6, 6.07) is 8.36. The zero-order valence-corrected chi connectivity index (χ0v) is 6.27. The second-order valence-corrected chi connectivity index (χ2v) is 2.06. The number of halogens is 1. The summed E-state index contributed by atoms with van der Waals surface area (Å²) in [5.41, 5.74) is 0.367. The lowest BCUT2D eigenvalue weighted by atomic mass is 10.3. The van der Waals surface area contributed by atoms with Gasteiger partial charge >= 0.3 is 0 Å². The number of anilines is 1. The van der Waals surface area contributed by atoms with Gasteiger partial charge in [0.25, 0.3) is 0 Å². The minimum absolute atomic E-state index is 0.328. The molecular formula is C8H8FN2O. The number of nitrogens with zero attached hydrogens (tertiary/aromatic N) is 1. The van der Waals surface area contributed by atoms with Gasteiger partial charge in [0, 0.05) is 0 Å².